The molecule has 0 unspecified atom stereocenters. The maximum atomic E-state index is 11.6. The summed E-state index contributed by atoms with van der Waals surface area (Å²) >= 11 is 0. The van der Waals surface area contributed by atoms with E-state index >= 15 is 0 Å². The molecular weight excluding hydrogens is 182 g/mol. The molecular formula is C10H17NO3. The molecule has 0 aromatic carbocycles. The second kappa shape index (κ2) is 4.28. The highest BCUT2D eigenvalue weighted by molar-refractivity contribution is 5.72. The zero-order chi connectivity index (χ0) is 9.97. The molecule has 0 atom stereocenters. The first-order valence-electron chi connectivity index (χ1n) is 5.29. The van der Waals surface area contributed by atoms with E-state index in [1.54, 1.807) is 0 Å². The predicted octanol–water partition coefficient (Wildman–Crippen LogP) is 0.446. The van der Waals surface area contributed by atoms with Gasteiger partial charge in [0.2, 0.25) is 0 Å². The van der Waals surface area contributed by atoms with Crippen LogP contribution in [0.2, 0.25) is 0 Å². The highest BCUT2D eigenvalue weighted by atomic mass is 16.6. The van der Waals surface area contributed by atoms with Crippen molar-refractivity contribution in [3.63, 3.8) is 0 Å². The molecule has 1 saturated carbocycles. The highest BCUT2D eigenvalue weighted by Crippen LogP contribution is 2.25. The minimum atomic E-state index is -0.0507. The molecule has 80 valence electrons. The lowest BCUT2D eigenvalue weighted by Gasteiger charge is -2.30. The monoisotopic (exact) mass is 199 g/mol. The molecule has 2 N–H and O–H groups in total. The minimum Gasteiger partial charge on any atom is -0.457 e. The first-order valence-corrected chi connectivity index (χ1v) is 5.29. The Morgan fingerprint density at radius 2 is 1.86 bits per heavy atom. The molecule has 0 radical (unpaired) electrons. The van der Waals surface area contributed by atoms with Crippen LogP contribution in [0.25, 0.3) is 0 Å². The van der Waals surface area contributed by atoms with Gasteiger partial charge in [-0.3, -0.25) is 4.79 Å². The number of hydrogen-bond acceptors (Lipinski definition) is 4. The second-order valence-corrected chi connectivity index (χ2v) is 4.21. The van der Waals surface area contributed by atoms with Crippen LogP contribution in [-0.4, -0.2) is 31.3 Å². The standard InChI is InChI=1S/C10H17NO3/c11-8-3-1-7(2-4-8)10(12)14-9-5-13-6-9/h7-9H,1-6,11H2. The van der Waals surface area contributed by atoms with E-state index in [0.717, 1.165) is 25.7 Å². The lowest BCUT2D eigenvalue weighted by atomic mass is 9.86. The van der Waals surface area contributed by atoms with E-state index in [2.05, 4.69) is 0 Å². The van der Waals surface area contributed by atoms with Crippen LogP contribution in [0.3, 0.4) is 0 Å². The van der Waals surface area contributed by atoms with Crippen LogP contribution in [0.15, 0.2) is 0 Å². The third kappa shape index (κ3) is 2.25. The fourth-order valence-corrected chi connectivity index (χ4v) is 1.90. The van der Waals surface area contributed by atoms with Crippen molar-refractivity contribution in [2.24, 2.45) is 11.7 Å². The van der Waals surface area contributed by atoms with Crippen LogP contribution in [-0.2, 0) is 14.3 Å². The number of ether oxygens (including phenoxy) is 2. The zero-order valence-corrected chi connectivity index (χ0v) is 8.28. The largest absolute Gasteiger partial charge is 0.457 e. The lowest BCUT2D eigenvalue weighted by molar-refractivity contribution is -0.177. The summed E-state index contributed by atoms with van der Waals surface area (Å²) in [6, 6.07) is 0.283. The summed E-state index contributed by atoms with van der Waals surface area (Å²) in [5.41, 5.74) is 5.76. The SMILES string of the molecule is NC1CCC(C(=O)OC2COC2)CC1. The number of rotatable bonds is 2. The Balaban J connectivity index is 1.74. The second-order valence-electron chi connectivity index (χ2n) is 4.21. The first-order chi connectivity index (χ1) is 6.75. The van der Waals surface area contributed by atoms with Crippen molar-refractivity contribution < 1.29 is 14.3 Å². The summed E-state index contributed by atoms with van der Waals surface area (Å²) in [4.78, 5) is 11.6. The molecule has 4 nitrogen and oxygen atoms in total. The topological polar surface area (TPSA) is 61.6 Å². The van der Waals surface area contributed by atoms with Crippen molar-refractivity contribution in [3.8, 4) is 0 Å². The Morgan fingerprint density at radius 1 is 1.21 bits per heavy atom. The third-order valence-electron chi connectivity index (χ3n) is 3.00. The predicted molar refractivity (Wildman–Crippen MR) is 50.6 cm³/mol. The van der Waals surface area contributed by atoms with E-state index in [0.29, 0.717) is 13.2 Å². The Hall–Kier alpha value is -0.610. The fraction of sp³-hybridized carbons (Fsp3) is 0.900. The van der Waals surface area contributed by atoms with Gasteiger partial charge in [0.25, 0.3) is 0 Å². The summed E-state index contributed by atoms with van der Waals surface area (Å²) in [6.45, 7) is 1.13. The average molecular weight is 199 g/mol. The maximum Gasteiger partial charge on any atom is 0.309 e. The van der Waals surface area contributed by atoms with E-state index in [1.807, 2.05) is 0 Å². The molecule has 4 heteroatoms. The summed E-state index contributed by atoms with van der Waals surface area (Å²) < 4.78 is 10.2. The van der Waals surface area contributed by atoms with Gasteiger partial charge in [0.1, 0.15) is 6.10 Å². The van der Waals surface area contributed by atoms with Gasteiger partial charge in [-0.25, -0.2) is 0 Å². The smallest absolute Gasteiger partial charge is 0.309 e. The van der Waals surface area contributed by atoms with Crippen LogP contribution in [0.5, 0.6) is 0 Å². The van der Waals surface area contributed by atoms with Crippen LogP contribution < -0.4 is 5.73 Å². The number of hydrogen-bond donors (Lipinski definition) is 1. The van der Waals surface area contributed by atoms with E-state index in [-0.39, 0.29) is 24.0 Å². The molecule has 1 aliphatic carbocycles. The number of carbonyl (C=O) groups excluding carboxylic acids is 1. The van der Waals surface area contributed by atoms with E-state index in [4.69, 9.17) is 15.2 Å². The Labute approximate surface area is 83.7 Å². The van der Waals surface area contributed by atoms with Gasteiger partial charge >= 0.3 is 5.97 Å². The van der Waals surface area contributed by atoms with Crippen LogP contribution in [0.4, 0.5) is 0 Å². The van der Waals surface area contributed by atoms with Gasteiger partial charge in [0.15, 0.2) is 0 Å². The molecule has 2 fully saturated rings. The van der Waals surface area contributed by atoms with Crippen molar-refractivity contribution in [1.29, 1.82) is 0 Å². The molecule has 1 aliphatic heterocycles. The minimum absolute atomic E-state index is 0.0121. The van der Waals surface area contributed by atoms with Crippen molar-refractivity contribution in [2.75, 3.05) is 13.2 Å². The van der Waals surface area contributed by atoms with Crippen LogP contribution in [0.1, 0.15) is 25.7 Å². The van der Waals surface area contributed by atoms with Gasteiger partial charge in [0, 0.05) is 6.04 Å². The van der Waals surface area contributed by atoms with Crippen LogP contribution in [0, 0.1) is 5.92 Å². The van der Waals surface area contributed by atoms with E-state index < -0.39 is 0 Å². The Morgan fingerprint density at radius 3 is 2.36 bits per heavy atom. The number of nitrogens with two attached hydrogens (primary N) is 1. The average Bonchev–Trinajstić information content (AvgIpc) is 2.12. The number of carbonyl (C=O) groups is 1. The summed E-state index contributed by atoms with van der Waals surface area (Å²) in [5.74, 6) is 0.0283. The van der Waals surface area contributed by atoms with Gasteiger partial charge in [0.05, 0.1) is 19.1 Å². The van der Waals surface area contributed by atoms with Crippen LogP contribution >= 0.6 is 0 Å². The quantitative estimate of drug-likeness (QED) is 0.656. The summed E-state index contributed by atoms with van der Waals surface area (Å²) in [6.07, 6.45) is 3.67. The molecule has 0 bridgehead atoms. The van der Waals surface area contributed by atoms with E-state index in [9.17, 15) is 4.79 Å². The van der Waals surface area contributed by atoms with Gasteiger partial charge in [-0.1, -0.05) is 0 Å². The normalized spacial score (nSPS) is 33.5. The van der Waals surface area contributed by atoms with Crippen molar-refractivity contribution in [1.82, 2.24) is 0 Å². The first kappa shape index (κ1) is 9.93. The molecule has 0 spiro atoms. The molecule has 14 heavy (non-hydrogen) atoms. The molecule has 0 amide bonds. The molecule has 0 aromatic rings. The fourth-order valence-electron chi connectivity index (χ4n) is 1.90. The van der Waals surface area contributed by atoms with Gasteiger partial charge in [-0.15, -0.1) is 0 Å². The molecule has 2 aliphatic rings. The summed E-state index contributed by atoms with van der Waals surface area (Å²) in [5, 5.41) is 0. The zero-order valence-electron chi connectivity index (χ0n) is 8.28. The Kier molecular flexibility index (Phi) is 3.03. The molecule has 1 saturated heterocycles. The Bertz CT molecular complexity index is 207. The van der Waals surface area contributed by atoms with Crippen molar-refractivity contribution >= 4 is 5.97 Å². The highest BCUT2D eigenvalue weighted by Gasteiger charge is 2.30. The molecule has 1 heterocycles. The summed E-state index contributed by atoms with van der Waals surface area (Å²) in [7, 11) is 0. The van der Waals surface area contributed by atoms with Gasteiger partial charge in [-0.2, -0.15) is 0 Å². The van der Waals surface area contributed by atoms with Gasteiger partial charge in [-0.05, 0) is 25.7 Å². The van der Waals surface area contributed by atoms with Crippen molar-refractivity contribution in [3.05, 3.63) is 0 Å². The van der Waals surface area contributed by atoms with Crippen molar-refractivity contribution in [2.45, 2.75) is 37.8 Å². The number of esters is 1. The third-order valence-corrected chi connectivity index (χ3v) is 3.00. The lowest BCUT2D eigenvalue weighted by Crippen LogP contribution is -2.40. The van der Waals surface area contributed by atoms with E-state index in [1.165, 1.54) is 0 Å². The molecule has 0 aromatic heterocycles. The maximum absolute atomic E-state index is 11.6. The molecule has 2 rings (SSSR count). The van der Waals surface area contributed by atoms with Gasteiger partial charge < -0.3 is 15.2 Å².